The molecule has 0 amide bonds. The molecule has 108 valence electrons. The first-order chi connectivity index (χ1) is 10.1. The summed E-state index contributed by atoms with van der Waals surface area (Å²) in [5.41, 5.74) is 1.08. The Morgan fingerprint density at radius 1 is 0.952 bits per heavy atom. The first-order valence-electron chi connectivity index (χ1n) is 6.44. The SMILES string of the molecule is O=S(=O)(CC=CC=Cc1ccccc1)c1cccc(Br)c1. The summed E-state index contributed by atoms with van der Waals surface area (Å²) >= 11 is 3.28. The molecule has 4 heteroatoms. The molecule has 0 aromatic heterocycles. The van der Waals surface area contributed by atoms with Crippen molar-refractivity contribution in [2.45, 2.75) is 4.90 Å². The molecule has 0 aliphatic carbocycles. The van der Waals surface area contributed by atoms with Gasteiger partial charge in [-0.05, 0) is 23.8 Å². The van der Waals surface area contributed by atoms with E-state index < -0.39 is 9.84 Å². The second-order valence-corrected chi connectivity index (χ2v) is 7.39. The van der Waals surface area contributed by atoms with Crippen molar-refractivity contribution in [3.8, 4) is 0 Å². The molecular weight excluding hydrogens is 348 g/mol. The second-order valence-electron chi connectivity index (χ2n) is 4.44. The fraction of sp³-hybridized carbons (Fsp3) is 0.0588. The van der Waals surface area contributed by atoms with Gasteiger partial charge >= 0.3 is 0 Å². The average molecular weight is 363 g/mol. The van der Waals surface area contributed by atoms with Gasteiger partial charge in [0.15, 0.2) is 9.84 Å². The number of hydrogen-bond acceptors (Lipinski definition) is 2. The van der Waals surface area contributed by atoms with Crippen molar-refractivity contribution in [2.75, 3.05) is 5.75 Å². The maximum absolute atomic E-state index is 12.1. The van der Waals surface area contributed by atoms with Crippen LogP contribution in [0, 0.1) is 0 Å². The molecule has 2 rings (SSSR count). The van der Waals surface area contributed by atoms with Crippen LogP contribution in [-0.2, 0) is 9.84 Å². The highest BCUT2D eigenvalue weighted by molar-refractivity contribution is 9.10. The molecule has 0 spiro atoms. The zero-order valence-corrected chi connectivity index (χ0v) is 13.7. The number of hydrogen-bond donors (Lipinski definition) is 0. The van der Waals surface area contributed by atoms with Crippen LogP contribution in [-0.4, -0.2) is 14.2 Å². The van der Waals surface area contributed by atoms with Gasteiger partial charge in [0.1, 0.15) is 0 Å². The molecular formula is C17H15BrO2S. The largest absolute Gasteiger partial charge is 0.223 e. The van der Waals surface area contributed by atoms with Gasteiger partial charge < -0.3 is 0 Å². The smallest absolute Gasteiger partial charge is 0.181 e. The highest BCUT2D eigenvalue weighted by atomic mass is 79.9. The van der Waals surface area contributed by atoms with Gasteiger partial charge in [-0.15, -0.1) is 0 Å². The lowest BCUT2D eigenvalue weighted by Crippen LogP contribution is -2.04. The summed E-state index contributed by atoms with van der Waals surface area (Å²) in [6.45, 7) is 0. The van der Waals surface area contributed by atoms with Crippen molar-refractivity contribution < 1.29 is 8.42 Å². The molecule has 0 saturated carbocycles. The second kappa shape index (κ2) is 7.38. The molecule has 0 atom stereocenters. The zero-order chi connectivity index (χ0) is 15.1. The standard InChI is InChI=1S/C17H15BrO2S/c18-16-11-7-12-17(14-16)21(19,20)13-6-2-5-10-15-8-3-1-4-9-15/h1-12,14H,13H2. The molecule has 0 bridgehead atoms. The van der Waals surface area contributed by atoms with Crippen molar-refractivity contribution in [1.29, 1.82) is 0 Å². The average Bonchev–Trinajstić information content (AvgIpc) is 2.48. The summed E-state index contributed by atoms with van der Waals surface area (Å²) in [6.07, 6.45) is 7.17. The van der Waals surface area contributed by atoms with E-state index in [4.69, 9.17) is 0 Å². The Hall–Kier alpha value is -1.65. The van der Waals surface area contributed by atoms with Crippen molar-refractivity contribution in [3.05, 3.63) is 82.9 Å². The van der Waals surface area contributed by atoms with Gasteiger partial charge in [0, 0.05) is 4.47 Å². The molecule has 2 aromatic carbocycles. The summed E-state index contributed by atoms with van der Waals surface area (Å²) in [5, 5.41) is 0. The number of sulfone groups is 1. The Kier molecular flexibility index (Phi) is 5.53. The van der Waals surface area contributed by atoms with Crippen molar-refractivity contribution in [2.24, 2.45) is 0 Å². The summed E-state index contributed by atoms with van der Waals surface area (Å²) in [5.74, 6) is -0.0113. The van der Waals surface area contributed by atoms with Crippen LogP contribution in [0.15, 0.2) is 82.2 Å². The van der Waals surface area contributed by atoms with E-state index in [1.807, 2.05) is 42.5 Å². The minimum absolute atomic E-state index is 0.0113. The van der Waals surface area contributed by atoms with Crippen molar-refractivity contribution >= 4 is 31.8 Å². The molecule has 0 heterocycles. The summed E-state index contributed by atoms with van der Waals surface area (Å²) < 4.78 is 25.0. The Balaban J connectivity index is 1.99. The van der Waals surface area contributed by atoms with E-state index in [0.29, 0.717) is 4.90 Å². The summed E-state index contributed by atoms with van der Waals surface area (Å²) in [6, 6.07) is 16.6. The predicted octanol–water partition coefficient (Wildman–Crippen LogP) is 4.49. The van der Waals surface area contributed by atoms with Gasteiger partial charge in [-0.3, -0.25) is 0 Å². The minimum Gasteiger partial charge on any atom is -0.223 e. The van der Waals surface area contributed by atoms with Gasteiger partial charge in [-0.1, -0.05) is 76.6 Å². The molecule has 0 N–H and O–H groups in total. The first-order valence-corrected chi connectivity index (χ1v) is 8.89. The topological polar surface area (TPSA) is 34.1 Å². The Labute approximate surface area is 133 Å². The lowest BCUT2D eigenvalue weighted by Gasteiger charge is -2.01. The fourth-order valence-corrected chi connectivity index (χ4v) is 3.45. The molecule has 0 aliphatic rings. The number of allylic oxidation sites excluding steroid dienone is 2. The van der Waals surface area contributed by atoms with Gasteiger partial charge in [0.25, 0.3) is 0 Å². The van der Waals surface area contributed by atoms with Gasteiger partial charge in [-0.25, -0.2) is 8.42 Å². The van der Waals surface area contributed by atoms with Crippen LogP contribution in [0.3, 0.4) is 0 Å². The van der Waals surface area contributed by atoms with Crippen molar-refractivity contribution in [3.63, 3.8) is 0 Å². The van der Waals surface area contributed by atoms with E-state index >= 15 is 0 Å². The molecule has 0 fully saturated rings. The van der Waals surface area contributed by atoms with E-state index in [2.05, 4.69) is 15.9 Å². The molecule has 2 aromatic rings. The summed E-state index contributed by atoms with van der Waals surface area (Å²) in [7, 11) is -3.28. The summed E-state index contributed by atoms with van der Waals surface area (Å²) in [4.78, 5) is 0.327. The molecule has 0 saturated heterocycles. The lowest BCUT2D eigenvalue weighted by molar-refractivity contribution is 0.599. The van der Waals surface area contributed by atoms with E-state index in [1.165, 1.54) is 0 Å². The van der Waals surface area contributed by atoms with Crippen LogP contribution in [0.1, 0.15) is 5.56 Å². The molecule has 0 aliphatic heterocycles. The van der Waals surface area contributed by atoms with Crippen LogP contribution >= 0.6 is 15.9 Å². The molecule has 21 heavy (non-hydrogen) atoms. The molecule has 0 radical (unpaired) electrons. The minimum atomic E-state index is -3.28. The maximum atomic E-state index is 12.1. The van der Waals surface area contributed by atoms with Crippen LogP contribution < -0.4 is 0 Å². The van der Waals surface area contributed by atoms with E-state index in [9.17, 15) is 8.42 Å². The van der Waals surface area contributed by atoms with Crippen molar-refractivity contribution in [1.82, 2.24) is 0 Å². The van der Waals surface area contributed by atoms with E-state index in [0.717, 1.165) is 10.0 Å². The van der Waals surface area contributed by atoms with Crippen LogP contribution in [0.25, 0.3) is 6.08 Å². The zero-order valence-electron chi connectivity index (χ0n) is 11.3. The van der Waals surface area contributed by atoms with E-state index in [-0.39, 0.29) is 5.75 Å². The van der Waals surface area contributed by atoms with Gasteiger partial charge in [0.05, 0.1) is 10.6 Å². The lowest BCUT2D eigenvalue weighted by atomic mass is 10.2. The number of halogens is 1. The van der Waals surface area contributed by atoms with Crippen LogP contribution in [0.4, 0.5) is 0 Å². The third-order valence-electron chi connectivity index (χ3n) is 2.81. The predicted molar refractivity (Wildman–Crippen MR) is 90.8 cm³/mol. The Morgan fingerprint density at radius 3 is 2.43 bits per heavy atom. The van der Waals surface area contributed by atoms with Gasteiger partial charge in [0.2, 0.25) is 0 Å². The fourth-order valence-electron chi connectivity index (χ4n) is 1.75. The number of benzene rings is 2. The molecule has 2 nitrogen and oxygen atoms in total. The monoisotopic (exact) mass is 362 g/mol. The Bertz CT molecular complexity index is 747. The maximum Gasteiger partial charge on any atom is 0.181 e. The highest BCUT2D eigenvalue weighted by Crippen LogP contribution is 2.17. The van der Waals surface area contributed by atoms with E-state index in [1.54, 1.807) is 36.4 Å². The molecule has 0 unspecified atom stereocenters. The first kappa shape index (κ1) is 15.7. The normalized spacial score (nSPS) is 12.2. The quantitative estimate of drug-likeness (QED) is 0.734. The Morgan fingerprint density at radius 2 is 1.71 bits per heavy atom. The highest BCUT2D eigenvalue weighted by Gasteiger charge is 2.11. The van der Waals surface area contributed by atoms with Crippen LogP contribution in [0.2, 0.25) is 0 Å². The van der Waals surface area contributed by atoms with Crippen LogP contribution in [0.5, 0.6) is 0 Å². The third-order valence-corrected chi connectivity index (χ3v) is 4.90. The third kappa shape index (κ3) is 4.99. The van der Waals surface area contributed by atoms with Gasteiger partial charge in [-0.2, -0.15) is 0 Å². The number of rotatable bonds is 5.